The highest BCUT2D eigenvalue weighted by atomic mass is 35.5. The van der Waals surface area contributed by atoms with E-state index < -0.39 is 17.4 Å². The number of carbonyl (C=O) groups is 2. The molecule has 0 spiro atoms. The quantitative estimate of drug-likeness (QED) is 0.786. The number of aromatic nitrogens is 3. The zero-order valence-electron chi connectivity index (χ0n) is 13.7. The molecule has 1 atom stereocenters. The Morgan fingerprint density at radius 3 is 2.48 bits per heavy atom. The Morgan fingerprint density at radius 1 is 1.36 bits per heavy atom. The molecule has 0 aliphatic heterocycles. The van der Waals surface area contributed by atoms with Gasteiger partial charge < -0.3 is 15.2 Å². The first kappa shape index (κ1) is 19.2. The molecule has 0 aliphatic rings. The Bertz CT molecular complexity index is 804. The van der Waals surface area contributed by atoms with Gasteiger partial charge in [-0.25, -0.2) is 14.5 Å². The van der Waals surface area contributed by atoms with Crippen LogP contribution in [0.1, 0.15) is 23.4 Å². The molecule has 8 nitrogen and oxygen atoms in total. The van der Waals surface area contributed by atoms with Crippen LogP contribution in [0.5, 0.6) is 0 Å². The van der Waals surface area contributed by atoms with E-state index in [1.165, 1.54) is 18.7 Å². The van der Waals surface area contributed by atoms with Crippen molar-refractivity contribution < 1.29 is 19.4 Å². The minimum atomic E-state index is -1.62. The van der Waals surface area contributed by atoms with Crippen LogP contribution in [0.4, 0.5) is 0 Å². The second-order valence-electron chi connectivity index (χ2n) is 5.49. The minimum Gasteiger partial charge on any atom is -0.479 e. The summed E-state index contributed by atoms with van der Waals surface area (Å²) >= 11 is 12.3. The van der Waals surface area contributed by atoms with E-state index in [9.17, 15) is 14.7 Å². The molecule has 2 rings (SSSR count). The van der Waals surface area contributed by atoms with Gasteiger partial charge >= 0.3 is 5.97 Å². The second-order valence-corrected chi connectivity index (χ2v) is 6.30. The van der Waals surface area contributed by atoms with Crippen molar-refractivity contribution in [1.29, 1.82) is 0 Å². The molecule has 1 unspecified atom stereocenters. The molecule has 2 aromatic rings. The van der Waals surface area contributed by atoms with Gasteiger partial charge in [0, 0.05) is 7.11 Å². The van der Waals surface area contributed by atoms with E-state index in [1.807, 2.05) is 0 Å². The highest BCUT2D eigenvalue weighted by molar-refractivity contribution is 6.37. The summed E-state index contributed by atoms with van der Waals surface area (Å²) in [6.07, 6.45) is 0. The maximum Gasteiger partial charge on any atom is 0.331 e. The molecule has 0 fully saturated rings. The molecular formula is C15H16Cl2N4O4. The highest BCUT2D eigenvalue weighted by Gasteiger charge is 2.36. The zero-order valence-corrected chi connectivity index (χ0v) is 15.2. The van der Waals surface area contributed by atoms with Crippen molar-refractivity contribution in [2.45, 2.75) is 19.4 Å². The first-order valence-corrected chi connectivity index (χ1v) is 7.88. The third-order valence-electron chi connectivity index (χ3n) is 3.42. The summed E-state index contributed by atoms with van der Waals surface area (Å²) in [7, 11) is 1.34. The predicted octanol–water partition coefficient (Wildman–Crippen LogP) is 2.10. The summed E-state index contributed by atoms with van der Waals surface area (Å²) in [5, 5.41) is 16.4. The van der Waals surface area contributed by atoms with Gasteiger partial charge in [-0.15, -0.1) is 5.10 Å². The number of amides is 1. The Hall–Kier alpha value is -2.16. The van der Waals surface area contributed by atoms with Crippen molar-refractivity contribution in [3.05, 3.63) is 39.9 Å². The number of benzene rings is 1. The molecule has 0 saturated heterocycles. The van der Waals surface area contributed by atoms with E-state index in [-0.39, 0.29) is 12.4 Å². The first-order valence-electron chi connectivity index (χ1n) is 7.12. The molecule has 1 heterocycles. The van der Waals surface area contributed by atoms with Crippen LogP contribution in [-0.2, 0) is 9.53 Å². The molecule has 0 bridgehead atoms. The maximum absolute atomic E-state index is 12.4. The van der Waals surface area contributed by atoms with Gasteiger partial charge in [-0.1, -0.05) is 29.3 Å². The molecular weight excluding hydrogens is 371 g/mol. The van der Waals surface area contributed by atoms with Crippen LogP contribution in [0.2, 0.25) is 10.0 Å². The third-order valence-corrected chi connectivity index (χ3v) is 4.03. The Labute approximate surface area is 153 Å². The summed E-state index contributed by atoms with van der Waals surface area (Å²) in [5.41, 5.74) is -1.24. The number of aliphatic carboxylic acids is 1. The number of nitrogens with one attached hydrogen (secondary N) is 1. The van der Waals surface area contributed by atoms with Crippen LogP contribution in [0.3, 0.4) is 0 Å². The van der Waals surface area contributed by atoms with Crippen LogP contribution in [-0.4, -0.2) is 51.0 Å². The third kappa shape index (κ3) is 3.92. The number of carbonyl (C=O) groups excluding carboxylic acids is 1. The van der Waals surface area contributed by atoms with Crippen molar-refractivity contribution >= 4 is 35.1 Å². The fourth-order valence-electron chi connectivity index (χ4n) is 2.14. The molecule has 134 valence electrons. The summed E-state index contributed by atoms with van der Waals surface area (Å²) in [5.74, 6) is -1.85. The van der Waals surface area contributed by atoms with Crippen molar-refractivity contribution in [3.63, 3.8) is 0 Å². The Morgan fingerprint density at radius 2 is 1.96 bits per heavy atom. The number of carboxylic acid groups (broad SMARTS) is 1. The molecule has 1 aromatic carbocycles. The fraction of sp³-hybridized carbons (Fsp3) is 0.333. The van der Waals surface area contributed by atoms with E-state index in [4.69, 9.17) is 27.9 Å². The zero-order chi connectivity index (χ0) is 18.8. The van der Waals surface area contributed by atoms with Gasteiger partial charge in [0.05, 0.1) is 16.7 Å². The topological polar surface area (TPSA) is 106 Å². The van der Waals surface area contributed by atoms with Gasteiger partial charge in [0.25, 0.3) is 5.91 Å². The van der Waals surface area contributed by atoms with Crippen LogP contribution in [0, 0.1) is 6.92 Å². The lowest BCUT2D eigenvalue weighted by atomic mass is 10.0. The van der Waals surface area contributed by atoms with Crippen LogP contribution >= 0.6 is 23.2 Å². The van der Waals surface area contributed by atoms with Gasteiger partial charge in [0.15, 0.2) is 5.54 Å². The van der Waals surface area contributed by atoms with Crippen molar-refractivity contribution in [2.24, 2.45) is 0 Å². The van der Waals surface area contributed by atoms with Crippen LogP contribution in [0.15, 0.2) is 18.2 Å². The van der Waals surface area contributed by atoms with Gasteiger partial charge in [-0.05, 0) is 26.0 Å². The number of aryl methyl sites for hydroxylation is 1. The van der Waals surface area contributed by atoms with Gasteiger partial charge in [0.1, 0.15) is 11.5 Å². The number of nitrogens with zero attached hydrogens (tertiary/aromatic N) is 3. The Balaban J connectivity index is 2.37. The van der Waals surface area contributed by atoms with E-state index in [0.717, 1.165) is 0 Å². The number of methoxy groups -OCH3 is 1. The summed E-state index contributed by atoms with van der Waals surface area (Å²) in [6.45, 7) is 2.73. The van der Waals surface area contributed by atoms with Gasteiger partial charge in [-0.3, -0.25) is 4.79 Å². The van der Waals surface area contributed by atoms with E-state index >= 15 is 0 Å². The van der Waals surface area contributed by atoms with Crippen LogP contribution in [0.25, 0.3) is 5.69 Å². The minimum absolute atomic E-state index is 0.211. The van der Waals surface area contributed by atoms with Crippen LogP contribution < -0.4 is 5.32 Å². The fourth-order valence-corrected chi connectivity index (χ4v) is 2.69. The average molecular weight is 387 g/mol. The van der Waals surface area contributed by atoms with Crippen molar-refractivity contribution in [2.75, 3.05) is 13.7 Å². The number of hydrogen-bond acceptors (Lipinski definition) is 5. The lowest BCUT2D eigenvalue weighted by Gasteiger charge is -2.24. The number of para-hydroxylation sites is 1. The smallest absolute Gasteiger partial charge is 0.331 e. The number of rotatable bonds is 6. The SMILES string of the molecule is COCC(C)(NC(=O)c1nc(C)n(-c2c(Cl)cccc2Cl)n1)C(=O)O. The predicted molar refractivity (Wildman–Crippen MR) is 91.5 cm³/mol. The van der Waals surface area contributed by atoms with E-state index in [0.29, 0.717) is 21.6 Å². The lowest BCUT2D eigenvalue weighted by molar-refractivity contribution is -0.145. The molecule has 2 N–H and O–H groups in total. The van der Waals surface area contributed by atoms with Gasteiger partial charge in [-0.2, -0.15) is 0 Å². The highest BCUT2D eigenvalue weighted by Crippen LogP contribution is 2.28. The van der Waals surface area contributed by atoms with E-state index in [1.54, 1.807) is 25.1 Å². The van der Waals surface area contributed by atoms with E-state index in [2.05, 4.69) is 15.4 Å². The first-order chi connectivity index (χ1) is 11.7. The van der Waals surface area contributed by atoms with Gasteiger partial charge in [0.2, 0.25) is 5.82 Å². The molecule has 25 heavy (non-hydrogen) atoms. The molecule has 0 aliphatic carbocycles. The molecule has 0 radical (unpaired) electrons. The Kier molecular flexibility index (Phi) is 5.66. The number of halogens is 2. The summed E-state index contributed by atoms with van der Waals surface area (Å²) in [4.78, 5) is 27.8. The summed E-state index contributed by atoms with van der Waals surface area (Å²) in [6, 6.07) is 4.94. The van der Waals surface area contributed by atoms with Crippen molar-refractivity contribution in [1.82, 2.24) is 20.1 Å². The second kappa shape index (κ2) is 7.38. The average Bonchev–Trinajstić information content (AvgIpc) is 2.89. The standard InChI is InChI=1S/C15H16Cl2N4O4/c1-8-18-12(13(22)19-15(2,7-25-3)14(23)24)20-21(8)11-9(16)5-4-6-10(11)17/h4-6H,7H2,1-3H3,(H,19,22)(H,23,24). The molecule has 1 aromatic heterocycles. The number of ether oxygens (including phenoxy) is 1. The maximum atomic E-state index is 12.4. The normalized spacial score (nSPS) is 13.3. The molecule has 1 amide bonds. The molecule has 10 heteroatoms. The lowest BCUT2D eigenvalue weighted by Crippen LogP contribution is -2.55. The monoisotopic (exact) mass is 386 g/mol. The van der Waals surface area contributed by atoms with Crippen molar-refractivity contribution in [3.8, 4) is 5.69 Å². The summed E-state index contributed by atoms with van der Waals surface area (Å²) < 4.78 is 6.19. The largest absolute Gasteiger partial charge is 0.479 e. The number of hydrogen-bond donors (Lipinski definition) is 2. The molecule has 0 saturated carbocycles. The number of carboxylic acids is 1.